The van der Waals surface area contributed by atoms with Crippen LogP contribution in [0, 0.1) is 0 Å². The molecule has 0 saturated heterocycles. The zero-order valence-corrected chi connectivity index (χ0v) is 13.7. The standard InChI is InChI=1S/C14H20.2C2H6.CH4/c1-7-12(5)10-14(8-2)13(6)9-11(3)4;2*1-2;/h7-10H,1-2H2,3-6H3;2*1-2H3;1H4/b12-10-,14-13+;;;. The van der Waals surface area contributed by atoms with E-state index in [9.17, 15) is 0 Å². The van der Waals surface area contributed by atoms with Crippen molar-refractivity contribution in [1.82, 2.24) is 0 Å². The molecule has 0 rings (SSSR count). The van der Waals surface area contributed by atoms with Crippen molar-refractivity contribution in [3.05, 3.63) is 59.8 Å². The summed E-state index contributed by atoms with van der Waals surface area (Å²) in [6.45, 7) is 23.8. The maximum Gasteiger partial charge on any atom is -0.0231 e. The van der Waals surface area contributed by atoms with Crippen LogP contribution in [0.5, 0.6) is 0 Å². The normalized spacial score (nSPS) is 10.2. The molecule has 0 aliphatic heterocycles. The lowest BCUT2D eigenvalue weighted by Gasteiger charge is -2.01. The average Bonchev–Trinajstić information content (AvgIpc) is 2.39. The Hall–Kier alpha value is -1.30. The van der Waals surface area contributed by atoms with Gasteiger partial charge in [0.2, 0.25) is 0 Å². The zero-order valence-electron chi connectivity index (χ0n) is 13.7. The van der Waals surface area contributed by atoms with Crippen LogP contribution in [0.25, 0.3) is 0 Å². The molecule has 0 N–H and O–H groups in total. The van der Waals surface area contributed by atoms with Crippen molar-refractivity contribution in [2.45, 2.75) is 62.8 Å². The van der Waals surface area contributed by atoms with Crippen molar-refractivity contribution in [1.29, 1.82) is 0 Å². The van der Waals surface area contributed by atoms with Crippen LogP contribution in [0.3, 0.4) is 0 Å². The highest BCUT2D eigenvalue weighted by Gasteiger charge is 1.93. The van der Waals surface area contributed by atoms with Gasteiger partial charge in [-0.25, -0.2) is 0 Å². The van der Waals surface area contributed by atoms with Gasteiger partial charge in [0.05, 0.1) is 0 Å². The van der Waals surface area contributed by atoms with E-state index in [0.29, 0.717) is 0 Å². The summed E-state index contributed by atoms with van der Waals surface area (Å²) in [5.74, 6) is 0. The molecule has 0 aromatic carbocycles. The predicted molar refractivity (Wildman–Crippen MR) is 95.7 cm³/mol. The molecule has 0 unspecified atom stereocenters. The molecular formula is C19H36. The summed E-state index contributed by atoms with van der Waals surface area (Å²) < 4.78 is 0. The first-order valence-electron chi connectivity index (χ1n) is 6.80. The van der Waals surface area contributed by atoms with E-state index < -0.39 is 0 Å². The van der Waals surface area contributed by atoms with E-state index in [4.69, 9.17) is 0 Å². The van der Waals surface area contributed by atoms with E-state index in [1.54, 1.807) is 0 Å². The van der Waals surface area contributed by atoms with E-state index in [2.05, 4.69) is 46.1 Å². The molecule has 0 atom stereocenters. The van der Waals surface area contributed by atoms with Crippen LogP contribution in [0.4, 0.5) is 0 Å². The van der Waals surface area contributed by atoms with Gasteiger partial charge in [-0.05, 0) is 38.8 Å². The Kier molecular flexibility index (Phi) is 26.4. The van der Waals surface area contributed by atoms with Gasteiger partial charge in [-0.1, -0.05) is 83.7 Å². The Balaban J connectivity index is -0.000000204. The summed E-state index contributed by atoms with van der Waals surface area (Å²) in [7, 11) is 0. The average molecular weight is 264 g/mol. The Bertz CT molecular complexity index is 305. The zero-order chi connectivity index (χ0) is 15.1. The first-order valence-corrected chi connectivity index (χ1v) is 6.80. The number of hydrogen-bond acceptors (Lipinski definition) is 0. The van der Waals surface area contributed by atoms with Crippen LogP contribution >= 0.6 is 0 Å². The van der Waals surface area contributed by atoms with Crippen LogP contribution < -0.4 is 0 Å². The van der Waals surface area contributed by atoms with Crippen molar-refractivity contribution < 1.29 is 0 Å². The van der Waals surface area contributed by atoms with Gasteiger partial charge >= 0.3 is 0 Å². The summed E-state index contributed by atoms with van der Waals surface area (Å²) in [4.78, 5) is 0. The van der Waals surface area contributed by atoms with E-state index in [1.165, 1.54) is 11.1 Å². The van der Waals surface area contributed by atoms with E-state index in [-0.39, 0.29) is 7.43 Å². The molecule has 0 heterocycles. The molecule has 0 nitrogen and oxygen atoms in total. The second kappa shape index (κ2) is 19.0. The van der Waals surface area contributed by atoms with Crippen molar-refractivity contribution in [2.75, 3.05) is 0 Å². The van der Waals surface area contributed by atoms with Gasteiger partial charge in [-0.2, -0.15) is 0 Å². The lowest BCUT2D eigenvalue weighted by molar-refractivity contribution is 1.33. The van der Waals surface area contributed by atoms with Gasteiger partial charge in [0, 0.05) is 0 Å². The second-order valence-electron chi connectivity index (χ2n) is 3.66. The summed E-state index contributed by atoms with van der Waals surface area (Å²) in [5.41, 5.74) is 4.85. The van der Waals surface area contributed by atoms with Crippen LogP contribution in [0.15, 0.2) is 59.8 Å². The van der Waals surface area contributed by atoms with Gasteiger partial charge in [0.1, 0.15) is 0 Å². The molecule has 0 fully saturated rings. The maximum absolute atomic E-state index is 3.81. The third-order valence-corrected chi connectivity index (χ3v) is 1.89. The van der Waals surface area contributed by atoms with Gasteiger partial charge in [0.15, 0.2) is 0 Å². The number of allylic oxidation sites excluding steroid dienone is 8. The Morgan fingerprint density at radius 1 is 0.737 bits per heavy atom. The van der Waals surface area contributed by atoms with E-state index in [0.717, 1.165) is 11.1 Å². The van der Waals surface area contributed by atoms with Crippen molar-refractivity contribution in [2.24, 2.45) is 0 Å². The number of rotatable bonds is 4. The van der Waals surface area contributed by atoms with E-state index >= 15 is 0 Å². The van der Waals surface area contributed by atoms with Crippen molar-refractivity contribution >= 4 is 0 Å². The van der Waals surface area contributed by atoms with Crippen LogP contribution in [0.1, 0.15) is 62.8 Å². The SMILES string of the molecule is C.C=C/C(C)=C\C(C=C)=C(/C)C=C(C)C.CC.CC. The Labute approximate surface area is 123 Å². The lowest BCUT2D eigenvalue weighted by atomic mass is 10.0. The quantitative estimate of drug-likeness (QED) is 0.468. The van der Waals surface area contributed by atoms with Crippen LogP contribution in [-0.2, 0) is 0 Å². The fourth-order valence-electron chi connectivity index (χ4n) is 1.15. The highest BCUT2D eigenvalue weighted by atomic mass is 14.0. The fraction of sp³-hybridized carbons (Fsp3) is 0.474. The first kappa shape index (κ1) is 26.3. The number of hydrogen-bond donors (Lipinski definition) is 0. The second-order valence-corrected chi connectivity index (χ2v) is 3.66. The molecule has 0 radical (unpaired) electrons. The van der Waals surface area contributed by atoms with Crippen LogP contribution in [0.2, 0.25) is 0 Å². The molecule has 0 aromatic rings. The lowest BCUT2D eigenvalue weighted by Crippen LogP contribution is -1.81. The molecule has 112 valence electrons. The molecule has 19 heavy (non-hydrogen) atoms. The molecule has 0 aliphatic carbocycles. The minimum atomic E-state index is 0. The van der Waals surface area contributed by atoms with Crippen molar-refractivity contribution in [3.8, 4) is 0 Å². The largest absolute Gasteiger partial charge is 0.0988 e. The minimum Gasteiger partial charge on any atom is -0.0988 e. The van der Waals surface area contributed by atoms with Crippen molar-refractivity contribution in [3.63, 3.8) is 0 Å². The molecular weight excluding hydrogens is 228 g/mol. The molecule has 0 saturated carbocycles. The van der Waals surface area contributed by atoms with Crippen LogP contribution in [-0.4, -0.2) is 0 Å². The smallest absolute Gasteiger partial charge is 0.0231 e. The first-order chi connectivity index (χ1) is 8.51. The summed E-state index contributed by atoms with van der Waals surface area (Å²) in [6, 6.07) is 0. The molecule has 0 spiro atoms. The van der Waals surface area contributed by atoms with Gasteiger partial charge in [-0.3, -0.25) is 0 Å². The fourth-order valence-corrected chi connectivity index (χ4v) is 1.15. The van der Waals surface area contributed by atoms with Gasteiger partial charge in [0.25, 0.3) is 0 Å². The Morgan fingerprint density at radius 3 is 1.42 bits per heavy atom. The minimum absolute atomic E-state index is 0. The third-order valence-electron chi connectivity index (χ3n) is 1.89. The predicted octanol–water partition coefficient (Wildman–Crippen LogP) is 7.28. The highest BCUT2D eigenvalue weighted by Crippen LogP contribution is 2.13. The molecule has 0 aromatic heterocycles. The van der Waals surface area contributed by atoms with E-state index in [1.807, 2.05) is 46.8 Å². The summed E-state index contributed by atoms with van der Waals surface area (Å²) in [6.07, 6.45) is 7.97. The van der Waals surface area contributed by atoms with Gasteiger partial charge < -0.3 is 0 Å². The molecule has 0 amide bonds. The molecule has 0 aliphatic rings. The highest BCUT2D eigenvalue weighted by molar-refractivity contribution is 5.42. The summed E-state index contributed by atoms with van der Waals surface area (Å²) in [5, 5.41) is 0. The molecule has 0 heteroatoms. The topological polar surface area (TPSA) is 0 Å². The van der Waals surface area contributed by atoms with Gasteiger partial charge in [-0.15, -0.1) is 0 Å². The summed E-state index contributed by atoms with van der Waals surface area (Å²) >= 11 is 0. The molecule has 0 bridgehead atoms. The maximum atomic E-state index is 3.81. The third kappa shape index (κ3) is 16.7. The monoisotopic (exact) mass is 264 g/mol. The Morgan fingerprint density at radius 2 is 1.16 bits per heavy atom.